The normalized spacial score (nSPS) is 23.2. The van der Waals surface area contributed by atoms with Gasteiger partial charge in [-0.25, -0.2) is 0 Å². The number of nitrogens with zero attached hydrogens (tertiary/aromatic N) is 2. The minimum absolute atomic E-state index is 0.280. The second-order valence-corrected chi connectivity index (χ2v) is 5.56. The third kappa shape index (κ3) is 3.10. The van der Waals surface area contributed by atoms with Gasteiger partial charge in [-0.15, -0.1) is 0 Å². The van der Waals surface area contributed by atoms with E-state index >= 15 is 0 Å². The topological polar surface area (TPSA) is 70.7 Å². The Kier molecular flexibility index (Phi) is 3.58. The maximum atomic E-state index is 11.8. The zero-order valence-corrected chi connectivity index (χ0v) is 11.5. The van der Waals surface area contributed by atoms with Crippen LogP contribution in [-0.4, -0.2) is 35.9 Å². The number of amides is 1. The summed E-state index contributed by atoms with van der Waals surface area (Å²) in [7, 11) is 0. The van der Waals surface area contributed by atoms with Gasteiger partial charge in [-0.05, 0) is 25.0 Å². The molecule has 2 aliphatic rings. The molecule has 1 aromatic rings. The highest BCUT2D eigenvalue weighted by molar-refractivity contribution is 5.92. The summed E-state index contributed by atoms with van der Waals surface area (Å²) in [5, 5.41) is 3.05. The molecule has 3 N–H and O–H groups in total. The predicted octanol–water partition coefficient (Wildman–Crippen LogP) is 1.42. The van der Waals surface area contributed by atoms with Gasteiger partial charge in [-0.1, -0.05) is 18.2 Å². The molecule has 0 radical (unpaired) electrons. The number of carbonyl (C=O) groups is 1. The van der Waals surface area contributed by atoms with Gasteiger partial charge in [0, 0.05) is 37.2 Å². The van der Waals surface area contributed by atoms with E-state index in [0.29, 0.717) is 30.9 Å². The monoisotopic (exact) mass is 272 g/mol. The van der Waals surface area contributed by atoms with Crippen LogP contribution in [0, 0.1) is 5.92 Å². The molecule has 106 valence electrons. The fourth-order valence-corrected chi connectivity index (χ4v) is 2.61. The molecule has 3 rings (SSSR count). The van der Waals surface area contributed by atoms with E-state index in [1.54, 1.807) is 0 Å². The molecule has 5 heteroatoms. The maximum absolute atomic E-state index is 11.8. The minimum atomic E-state index is 0.280. The Labute approximate surface area is 118 Å². The van der Waals surface area contributed by atoms with Crippen molar-refractivity contribution < 1.29 is 4.79 Å². The number of aliphatic imine (C=N–C) groups is 1. The number of anilines is 1. The fourth-order valence-electron chi connectivity index (χ4n) is 2.61. The Morgan fingerprint density at radius 1 is 1.35 bits per heavy atom. The molecule has 1 atom stereocenters. The third-order valence-electron chi connectivity index (χ3n) is 3.79. The van der Waals surface area contributed by atoms with Crippen molar-refractivity contribution in [3.05, 3.63) is 30.3 Å². The number of rotatable bonds is 4. The van der Waals surface area contributed by atoms with Crippen molar-refractivity contribution in [2.24, 2.45) is 16.6 Å². The maximum Gasteiger partial charge on any atom is 0.223 e. The molecule has 0 spiro atoms. The number of guanidine groups is 1. The Morgan fingerprint density at radius 2 is 2.10 bits per heavy atom. The molecule has 5 nitrogen and oxygen atoms in total. The first-order chi connectivity index (χ1) is 9.72. The molecule has 20 heavy (non-hydrogen) atoms. The second kappa shape index (κ2) is 5.53. The summed E-state index contributed by atoms with van der Waals surface area (Å²) in [6.45, 7) is 1.45. The van der Waals surface area contributed by atoms with Gasteiger partial charge in [0.15, 0.2) is 5.96 Å². The molecule has 1 aromatic carbocycles. The summed E-state index contributed by atoms with van der Waals surface area (Å²) in [4.78, 5) is 18.2. The summed E-state index contributed by atoms with van der Waals surface area (Å²) >= 11 is 0. The predicted molar refractivity (Wildman–Crippen MR) is 79.4 cm³/mol. The lowest BCUT2D eigenvalue weighted by molar-refractivity contribution is -0.128. The standard InChI is InChI=1S/C15H20N4O/c16-15(18-12-4-2-1-3-5-12)17-9-11-8-14(20)19(10-11)13-6-7-13/h1-5,11,13H,6-10H2,(H3,16,17,18). The number of nitrogens with one attached hydrogen (secondary N) is 1. The zero-order valence-electron chi connectivity index (χ0n) is 11.5. The van der Waals surface area contributed by atoms with Crippen LogP contribution in [0.2, 0.25) is 0 Å². The Hall–Kier alpha value is -2.04. The van der Waals surface area contributed by atoms with Crippen LogP contribution in [0.1, 0.15) is 19.3 Å². The number of nitrogens with two attached hydrogens (primary N) is 1. The average molecular weight is 272 g/mol. The first-order valence-electron chi connectivity index (χ1n) is 7.14. The molecule has 1 aliphatic heterocycles. The van der Waals surface area contributed by atoms with Crippen LogP contribution >= 0.6 is 0 Å². The molecule has 2 fully saturated rings. The lowest BCUT2D eigenvalue weighted by atomic mass is 10.1. The van der Waals surface area contributed by atoms with Crippen molar-refractivity contribution >= 4 is 17.6 Å². The van der Waals surface area contributed by atoms with Crippen LogP contribution in [0.25, 0.3) is 0 Å². The van der Waals surface area contributed by atoms with E-state index in [4.69, 9.17) is 5.73 Å². The molecular weight excluding hydrogens is 252 g/mol. The number of hydrogen-bond donors (Lipinski definition) is 2. The zero-order chi connectivity index (χ0) is 13.9. The molecule has 0 aromatic heterocycles. The van der Waals surface area contributed by atoms with E-state index < -0.39 is 0 Å². The molecule has 0 bridgehead atoms. The van der Waals surface area contributed by atoms with Gasteiger partial charge in [-0.2, -0.15) is 0 Å². The van der Waals surface area contributed by atoms with E-state index in [1.165, 1.54) is 12.8 Å². The average Bonchev–Trinajstić information content (AvgIpc) is 3.21. The highest BCUT2D eigenvalue weighted by atomic mass is 16.2. The number of para-hydroxylation sites is 1. The molecule has 1 saturated heterocycles. The van der Waals surface area contributed by atoms with Gasteiger partial charge in [-0.3, -0.25) is 9.79 Å². The van der Waals surface area contributed by atoms with Crippen molar-refractivity contribution in [2.75, 3.05) is 18.4 Å². The van der Waals surface area contributed by atoms with Crippen molar-refractivity contribution in [1.29, 1.82) is 0 Å². The lowest BCUT2D eigenvalue weighted by Gasteiger charge is -2.14. The van der Waals surface area contributed by atoms with Crippen molar-refractivity contribution in [1.82, 2.24) is 4.90 Å². The van der Waals surface area contributed by atoms with Crippen molar-refractivity contribution in [2.45, 2.75) is 25.3 Å². The van der Waals surface area contributed by atoms with Crippen LogP contribution in [0.5, 0.6) is 0 Å². The molecule has 1 aliphatic carbocycles. The van der Waals surface area contributed by atoms with Crippen LogP contribution in [0.4, 0.5) is 5.69 Å². The Morgan fingerprint density at radius 3 is 2.80 bits per heavy atom. The van der Waals surface area contributed by atoms with E-state index in [9.17, 15) is 4.79 Å². The van der Waals surface area contributed by atoms with Crippen LogP contribution in [0.15, 0.2) is 35.3 Å². The van der Waals surface area contributed by atoms with Crippen molar-refractivity contribution in [3.63, 3.8) is 0 Å². The van der Waals surface area contributed by atoms with Gasteiger partial charge in [0.05, 0.1) is 0 Å². The highest BCUT2D eigenvalue weighted by Crippen LogP contribution is 2.32. The molecule has 1 amide bonds. The number of likely N-dealkylation sites (tertiary alicyclic amines) is 1. The first kappa shape index (κ1) is 13.0. The molecule has 1 unspecified atom stereocenters. The van der Waals surface area contributed by atoms with E-state index in [0.717, 1.165) is 12.2 Å². The largest absolute Gasteiger partial charge is 0.370 e. The molecule has 1 saturated carbocycles. The van der Waals surface area contributed by atoms with Crippen LogP contribution < -0.4 is 11.1 Å². The van der Waals surface area contributed by atoms with Crippen LogP contribution in [-0.2, 0) is 4.79 Å². The van der Waals surface area contributed by atoms with Crippen molar-refractivity contribution in [3.8, 4) is 0 Å². The molecule has 1 heterocycles. The smallest absolute Gasteiger partial charge is 0.223 e. The second-order valence-electron chi connectivity index (χ2n) is 5.56. The minimum Gasteiger partial charge on any atom is -0.370 e. The van der Waals surface area contributed by atoms with Crippen LogP contribution in [0.3, 0.4) is 0 Å². The van der Waals surface area contributed by atoms with Gasteiger partial charge >= 0.3 is 0 Å². The lowest BCUT2D eigenvalue weighted by Crippen LogP contribution is -2.28. The third-order valence-corrected chi connectivity index (χ3v) is 3.79. The SMILES string of the molecule is NC(=NCC1CC(=O)N(C2CC2)C1)Nc1ccccc1. The van der Waals surface area contributed by atoms with E-state index in [-0.39, 0.29) is 5.91 Å². The number of benzene rings is 1. The quantitative estimate of drug-likeness (QED) is 0.643. The number of carbonyl (C=O) groups excluding carboxylic acids is 1. The fraction of sp³-hybridized carbons (Fsp3) is 0.467. The highest BCUT2D eigenvalue weighted by Gasteiger charge is 2.38. The Bertz CT molecular complexity index is 510. The van der Waals surface area contributed by atoms with Gasteiger partial charge in [0.25, 0.3) is 0 Å². The van der Waals surface area contributed by atoms with E-state index in [1.807, 2.05) is 35.2 Å². The Balaban J connectivity index is 1.51. The summed E-state index contributed by atoms with van der Waals surface area (Å²) in [6.07, 6.45) is 2.94. The summed E-state index contributed by atoms with van der Waals surface area (Å²) in [6, 6.07) is 10.2. The van der Waals surface area contributed by atoms with Gasteiger partial charge < -0.3 is 16.0 Å². The summed E-state index contributed by atoms with van der Waals surface area (Å²) in [5.41, 5.74) is 6.79. The molecular formula is C15H20N4O. The van der Waals surface area contributed by atoms with E-state index in [2.05, 4.69) is 10.3 Å². The van der Waals surface area contributed by atoms with Gasteiger partial charge in [0.1, 0.15) is 0 Å². The first-order valence-corrected chi connectivity index (χ1v) is 7.14. The summed E-state index contributed by atoms with van der Waals surface area (Å²) in [5.74, 6) is 0.995. The number of hydrogen-bond acceptors (Lipinski definition) is 2. The summed E-state index contributed by atoms with van der Waals surface area (Å²) < 4.78 is 0. The van der Waals surface area contributed by atoms with Gasteiger partial charge in [0.2, 0.25) is 5.91 Å².